The summed E-state index contributed by atoms with van der Waals surface area (Å²) >= 11 is 0. The maximum atomic E-state index is 11.0. The third-order valence-electron chi connectivity index (χ3n) is 1.71. The van der Waals surface area contributed by atoms with E-state index in [0.717, 1.165) is 0 Å². The van der Waals surface area contributed by atoms with Crippen molar-refractivity contribution in [3.05, 3.63) is 35.9 Å². The molecule has 4 heteroatoms. The second-order valence-corrected chi connectivity index (χ2v) is 2.58. The summed E-state index contributed by atoms with van der Waals surface area (Å²) in [6.07, 6.45) is -1.83. The summed E-state index contributed by atoms with van der Waals surface area (Å²) in [6, 6.07) is 8.73. The summed E-state index contributed by atoms with van der Waals surface area (Å²) in [5.74, 6) is -0.656. The molecule has 66 valence electrons. The van der Waals surface area contributed by atoms with E-state index in [9.17, 15) is 9.59 Å². The molecule has 2 rings (SSSR count). The lowest BCUT2D eigenvalue weighted by Gasteiger charge is -2.02. The van der Waals surface area contributed by atoms with Crippen molar-refractivity contribution in [1.29, 1.82) is 0 Å². The fourth-order valence-electron chi connectivity index (χ4n) is 1.14. The fraction of sp³-hybridized carbons (Fsp3) is 0.111. The van der Waals surface area contributed by atoms with E-state index in [1.54, 1.807) is 24.3 Å². The van der Waals surface area contributed by atoms with Gasteiger partial charge in [0.25, 0.3) is 0 Å². The van der Waals surface area contributed by atoms with Crippen molar-refractivity contribution in [1.82, 2.24) is 0 Å². The van der Waals surface area contributed by atoms with Crippen molar-refractivity contribution in [3.8, 4) is 0 Å². The summed E-state index contributed by atoms with van der Waals surface area (Å²) in [7, 11) is 0. The Morgan fingerprint density at radius 3 is 2.31 bits per heavy atom. The minimum atomic E-state index is -0.932. The molecule has 0 N–H and O–H groups in total. The van der Waals surface area contributed by atoms with Gasteiger partial charge in [0.1, 0.15) is 0 Å². The van der Waals surface area contributed by atoms with Crippen LogP contribution >= 0.6 is 0 Å². The number of cyclic esters (lactones) is 3. The number of esters is 1. The maximum absolute atomic E-state index is 11.0. The van der Waals surface area contributed by atoms with Crippen LogP contribution in [0, 0.1) is 0 Å². The molecular weight excluding hydrogens is 172 g/mol. The zero-order valence-corrected chi connectivity index (χ0v) is 6.60. The Morgan fingerprint density at radius 2 is 1.77 bits per heavy atom. The van der Waals surface area contributed by atoms with Gasteiger partial charge in [0.05, 0.1) is 0 Å². The highest BCUT2D eigenvalue weighted by atomic mass is 16.8. The fourth-order valence-corrected chi connectivity index (χ4v) is 1.14. The Hall–Kier alpha value is -1.84. The molecule has 0 saturated carbocycles. The van der Waals surface area contributed by atoms with Crippen molar-refractivity contribution >= 4 is 12.1 Å². The van der Waals surface area contributed by atoms with Crippen molar-refractivity contribution < 1.29 is 19.1 Å². The smallest absolute Gasteiger partial charge is 0.414 e. The maximum Gasteiger partial charge on any atom is 0.517 e. The van der Waals surface area contributed by atoms with Crippen LogP contribution in [-0.2, 0) is 14.3 Å². The van der Waals surface area contributed by atoms with Crippen LogP contribution in [0.15, 0.2) is 30.3 Å². The average molecular weight is 178 g/mol. The van der Waals surface area contributed by atoms with Gasteiger partial charge < -0.3 is 9.47 Å². The molecule has 1 aromatic carbocycles. The molecule has 0 unspecified atom stereocenters. The van der Waals surface area contributed by atoms with Gasteiger partial charge in [0.2, 0.25) is 6.10 Å². The van der Waals surface area contributed by atoms with E-state index in [4.69, 9.17) is 0 Å². The van der Waals surface area contributed by atoms with E-state index < -0.39 is 18.2 Å². The van der Waals surface area contributed by atoms with Gasteiger partial charge >= 0.3 is 12.1 Å². The van der Waals surface area contributed by atoms with Crippen LogP contribution in [0.1, 0.15) is 11.7 Å². The molecule has 0 aliphatic carbocycles. The molecule has 13 heavy (non-hydrogen) atoms. The minimum Gasteiger partial charge on any atom is -0.414 e. The third kappa shape index (κ3) is 1.38. The predicted molar refractivity (Wildman–Crippen MR) is 41.8 cm³/mol. The molecule has 1 fully saturated rings. The summed E-state index contributed by atoms with van der Waals surface area (Å²) in [5.41, 5.74) is 0.623. The summed E-state index contributed by atoms with van der Waals surface area (Å²) in [5, 5.41) is 0. The van der Waals surface area contributed by atoms with E-state index >= 15 is 0 Å². The van der Waals surface area contributed by atoms with Gasteiger partial charge in [-0.3, -0.25) is 0 Å². The van der Waals surface area contributed by atoms with Crippen LogP contribution in [0.25, 0.3) is 0 Å². The average Bonchev–Trinajstić information content (AvgIpc) is 2.47. The number of ether oxygens (including phenoxy) is 2. The summed E-state index contributed by atoms with van der Waals surface area (Å²) in [6.45, 7) is 0. The normalized spacial score (nSPS) is 21.1. The van der Waals surface area contributed by atoms with Crippen LogP contribution in [0.3, 0.4) is 0 Å². The predicted octanol–water partition coefficient (Wildman–Crippen LogP) is 1.42. The van der Waals surface area contributed by atoms with Crippen LogP contribution in [0.2, 0.25) is 0 Å². The largest absolute Gasteiger partial charge is 0.517 e. The zero-order chi connectivity index (χ0) is 9.26. The molecule has 0 spiro atoms. The lowest BCUT2D eigenvalue weighted by Crippen LogP contribution is -2.06. The zero-order valence-electron chi connectivity index (χ0n) is 6.60. The molecule has 4 nitrogen and oxygen atoms in total. The number of hydrogen-bond acceptors (Lipinski definition) is 4. The molecule has 0 amide bonds. The number of benzene rings is 1. The monoisotopic (exact) mass is 178 g/mol. The molecule has 1 heterocycles. The first kappa shape index (κ1) is 7.79. The van der Waals surface area contributed by atoms with Gasteiger partial charge in [-0.1, -0.05) is 30.3 Å². The summed E-state index contributed by atoms with van der Waals surface area (Å²) < 4.78 is 8.88. The Balaban J connectivity index is 2.28. The molecule has 0 bridgehead atoms. The van der Waals surface area contributed by atoms with Gasteiger partial charge in [-0.05, 0) is 0 Å². The molecule has 1 aliphatic heterocycles. The molecule has 1 aliphatic rings. The molecule has 1 aromatic rings. The highest BCUT2D eigenvalue weighted by molar-refractivity contribution is 5.91. The second kappa shape index (κ2) is 2.90. The third-order valence-corrected chi connectivity index (χ3v) is 1.71. The lowest BCUT2D eigenvalue weighted by atomic mass is 10.1. The van der Waals surface area contributed by atoms with Crippen LogP contribution in [-0.4, -0.2) is 12.1 Å². The van der Waals surface area contributed by atoms with E-state index in [1.165, 1.54) is 0 Å². The number of rotatable bonds is 1. The lowest BCUT2D eigenvalue weighted by molar-refractivity contribution is -0.136. The van der Waals surface area contributed by atoms with Crippen LogP contribution in [0.5, 0.6) is 0 Å². The Kier molecular flexibility index (Phi) is 1.73. The van der Waals surface area contributed by atoms with Gasteiger partial charge in [-0.25, -0.2) is 9.59 Å². The van der Waals surface area contributed by atoms with Crippen molar-refractivity contribution in [2.75, 3.05) is 0 Å². The topological polar surface area (TPSA) is 52.6 Å². The highest BCUT2D eigenvalue weighted by Gasteiger charge is 2.36. The number of hydrogen-bond donors (Lipinski definition) is 0. The highest BCUT2D eigenvalue weighted by Crippen LogP contribution is 2.24. The van der Waals surface area contributed by atoms with E-state index in [0.29, 0.717) is 5.56 Å². The van der Waals surface area contributed by atoms with Gasteiger partial charge in [-0.2, -0.15) is 0 Å². The Morgan fingerprint density at radius 1 is 1.08 bits per heavy atom. The molecule has 0 aromatic heterocycles. The SMILES string of the molecule is O=C1OC(=O)[C@@H](c2ccccc2)O1. The van der Waals surface area contributed by atoms with Crippen molar-refractivity contribution in [2.45, 2.75) is 6.10 Å². The first-order valence-corrected chi connectivity index (χ1v) is 3.74. The van der Waals surface area contributed by atoms with Crippen LogP contribution < -0.4 is 0 Å². The van der Waals surface area contributed by atoms with Gasteiger partial charge in [0.15, 0.2) is 0 Å². The Bertz CT molecular complexity index is 344. The second-order valence-electron chi connectivity index (χ2n) is 2.58. The van der Waals surface area contributed by atoms with E-state index in [-0.39, 0.29) is 0 Å². The molecular formula is C9H6O4. The number of carbonyl (C=O) groups is 2. The van der Waals surface area contributed by atoms with Gasteiger partial charge in [-0.15, -0.1) is 0 Å². The van der Waals surface area contributed by atoms with Crippen molar-refractivity contribution in [2.24, 2.45) is 0 Å². The van der Waals surface area contributed by atoms with E-state index in [2.05, 4.69) is 9.47 Å². The van der Waals surface area contributed by atoms with Crippen LogP contribution in [0.4, 0.5) is 4.79 Å². The van der Waals surface area contributed by atoms with E-state index in [1.807, 2.05) is 6.07 Å². The molecule has 1 atom stereocenters. The minimum absolute atomic E-state index is 0.623. The summed E-state index contributed by atoms with van der Waals surface area (Å²) in [4.78, 5) is 21.6. The first-order valence-electron chi connectivity index (χ1n) is 3.74. The number of carbonyl (C=O) groups excluding carboxylic acids is 2. The standard InChI is InChI=1S/C9H6O4/c10-8-7(12-9(11)13-8)6-4-2-1-3-5-6/h1-5,7H/t7-/m1/s1. The van der Waals surface area contributed by atoms with Gasteiger partial charge in [0, 0.05) is 5.56 Å². The quantitative estimate of drug-likeness (QED) is 0.482. The molecule has 0 radical (unpaired) electrons. The Labute approximate surface area is 74.1 Å². The first-order chi connectivity index (χ1) is 6.27. The molecule has 1 saturated heterocycles. The van der Waals surface area contributed by atoms with Crippen molar-refractivity contribution in [3.63, 3.8) is 0 Å².